The van der Waals surface area contributed by atoms with Gasteiger partial charge in [0, 0.05) is 6.26 Å². The summed E-state index contributed by atoms with van der Waals surface area (Å²) in [7, 11) is 0.267. The van der Waals surface area contributed by atoms with E-state index in [0.717, 1.165) is 16.9 Å². The summed E-state index contributed by atoms with van der Waals surface area (Å²) >= 11 is 0. The molecule has 5 heteroatoms. The van der Waals surface area contributed by atoms with Crippen molar-refractivity contribution in [2.75, 3.05) is 20.4 Å². The second kappa shape index (κ2) is 6.28. The fourth-order valence-corrected chi connectivity index (χ4v) is 2.92. The van der Waals surface area contributed by atoms with Gasteiger partial charge in [0.2, 0.25) is 0 Å². The van der Waals surface area contributed by atoms with Crippen molar-refractivity contribution in [2.45, 2.75) is 10.9 Å². The molecule has 2 aromatic carbocycles. The summed E-state index contributed by atoms with van der Waals surface area (Å²) in [6.45, 7) is 0. The molecule has 0 aliphatic rings. The number of nitrogens with one attached hydrogen (secondary N) is 1. The van der Waals surface area contributed by atoms with E-state index in [1.54, 1.807) is 25.3 Å². The van der Waals surface area contributed by atoms with E-state index >= 15 is 0 Å². The van der Waals surface area contributed by atoms with E-state index in [1.807, 2.05) is 37.4 Å². The third kappa shape index (κ3) is 3.62. The van der Waals surface area contributed by atoms with Crippen LogP contribution in [-0.2, 0) is 9.84 Å². The van der Waals surface area contributed by atoms with Gasteiger partial charge in [0.05, 0.1) is 18.0 Å². The van der Waals surface area contributed by atoms with Gasteiger partial charge in [-0.15, -0.1) is 0 Å². The van der Waals surface area contributed by atoms with E-state index in [9.17, 15) is 8.42 Å². The Hall–Kier alpha value is -1.85. The van der Waals surface area contributed by atoms with Crippen LogP contribution in [0.15, 0.2) is 53.4 Å². The molecule has 0 aliphatic carbocycles. The van der Waals surface area contributed by atoms with E-state index in [2.05, 4.69) is 5.32 Å². The lowest BCUT2D eigenvalue weighted by molar-refractivity contribution is 0.414. The normalized spacial score (nSPS) is 12.9. The summed E-state index contributed by atoms with van der Waals surface area (Å²) in [5.41, 5.74) is 1.95. The summed E-state index contributed by atoms with van der Waals surface area (Å²) in [6.07, 6.45) is 1.22. The fourth-order valence-electron chi connectivity index (χ4n) is 2.25. The van der Waals surface area contributed by atoms with E-state index in [4.69, 9.17) is 4.74 Å². The van der Waals surface area contributed by atoms with Crippen molar-refractivity contribution in [3.63, 3.8) is 0 Å². The zero-order valence-electron chi connectivity index (χ0n) is 12.3. The lowest BCUT2D eigenvalue weighted by Crippen LogP contribution is -2.18. The van der Waals surface area contributed by atoms with Crippen molar-refractivity contribution >= 4 is 9.84 Å². The highest BCUT2D eigenvalue weighted by molar-refractivity contribution is 7.90. The standard InChI is InChI=1S/C16H19NO3S/c1-17-16(12-7-9-14(20-2)10-8-12)13-5-4-6-15(11-13)21(3,18)19/h4-11,16-17H,1-3H3. The molecule has 1 N–H and O–H groups in total. The molecule has 0 radical (unpaired) electrons. The summed E-state index contributed by atoms with van der Waals surface area (Å²) in [4.78, 5) is 0.328. The van der Waals surface area contributed by atoms with Gasteiger partial charge in [-0.05, 0) is 42.4 Å². The molecule has 4 nitrogen and oxygen atoms in total. The number of benzene rings is 2. The fraction of sp³-hybridized carbons (Fsp3) is 0.250. The number of hydrogen-bond acceptors (Lipinski definition) is 4. The summed E-state index contributed by atoms with van der Waals surface area (Å²) in [5, 5.41) is 3.22. The minimum absolute atomic E-state index is 0.0717. The topological polar surface area (TPSA) is 55.4 Å². The first-order valence-electron chi connectivity index (χ1n) is 6.57. The molecule has 0 fully saturated rings. The van der Waals surface area contributed by atoms with E-state index in [-0.39, 0.29) is 6.04 Å². The van der Waals surface area contributed by atoms with Crippen LogP contribution >= 0.6 is 0 Å². The van der Waals surface area contributed by atoms with Crippen LogP contribution in [0, 0.1) is 0 Å². The van der Waals surface area contributed by atoms with Gasteiger partial charge in [-0.3, -0.25) is 0 Å². The second-order valence-electron chi connectivity index (χ2n) is 4.84. The smallest absolute Gasteiger partial charge is 0.175 e. The quantitative estimate of drug-likeness (QED) is 0.921. The molecule has 2 aromatic rings. The Balaban J connectivity index is 2.41. The summed E-state index contributed by atoms with van der Waals surface area (Å²) in [6, 6.07) is 14.6. The summed E-state index contributed by atoms with van der Waals surface area (Å²) in [5.74, 6) is 0.790. The van der Waals surface area contributed by atoms with Crippen LogP contribution in [0.4, 0.5) is 0 Å². The average Bonchev–Trinajstić information content (AvgIpc) is 2.48. The van der Waals surface area contributed by atoms with Gasteiger partial charge in [-0.1, -0.05) is 24.3 Å². The Labute approximate surface area is 125 Å². The van der Waals surface area contributed by atoms with Gasteiger partial charge in [0.25, 0.3) is 0 Å². The lowest BCUT2D eigenvalue weighted by Gasteiger charge is -2.18. The second-order valence-corrected chi connectivity index (χ2v) is 6.86. The molecule has 0 heterocycles. The van der Waals surface area contributed by atoms with Crippen molar-refractivity contribution in [3.8, 4) is 5.75 Å². The minimum atomic E-state index is -3.21. The molecular formula is C16H19NO3S. The molecule has 1 unspecified atom stereocenters. The summed E-state index contributed by atoms with van der Waals surface area (Å²) < 4.78 is 28.5. The predicted octanol–water partition coefficient (Wildman–Crippen LogP) is 2.41. The van der Waals surface area contributed by atoms with Gasteiger partial charge >= 0.3 is 0 Å². The Morgan fingerprint density at radius 1 is 1.05 bits per heavy atom. The highest BCUT2D eigenvalue weighted by Gasteiger charge is 2.15. The highest BCUT2D eigenvalue weighted by Crippen LogP contribution is 2.25. The number of hydrogen-bond donors (Lipinski definition) is 1. The van der Waals surface area contributed by atoms with Crippen molar-refractivity contribution in [1.82, 2.24) is 5.32 Å². The largest absolute Gasteiger partial charge is 0.497 e. The first-order chi connectivity index (χ1) is 9.95. The molecular weight excluding hydrogens is 286 g/mol. The molecule has 112 valence electrons. The predicted molar refractivity (Wildman–Crippen MR) is 83.4 cm³/mol. The van der Waals surface area contributed by atoms with Crippen molar-refractivity contribution in [2.24, 2.45) is 0 Å². The van der Waals surface area contributed by atoms with Crippen LogP contribution in [0.25, 0.3) is 0 Å². The van der Waals surface area contributed by atoms with Crippen molar-refractivity contribution < 1.29 is 13.2 Å². The van der Waals surface area contributed by atoms with Gasteiger partial charge in [-0.25, -0.2) is 8.42 Å². The molecule has 2 rings (SSSR count). The van der Waals surface area contributed by atoms with Crippen LogP contribution in [0.3, 0.4) is 0 Å². The van der Waals surface area contributed by atoms with Crippen LogP contribution < -0.4 is 10.1 Å². The number of methoxy groups -OCH3 is 1. The maximum absolute atomic E-state index is 11.7. The Kier molecular flexibility index (Phi) is 4.65. The van der Waals surface area contributed by atoms with Crippen LogP contribution in [0.2, 0.25) is 0 Å². The maximum atomic E-state index is 11.7. The van der Waals surface area contributed by atoms with E-state index < -0.39 is 9.84 Å². The maximum Gasteiger partial charge on any atom is 0.175 e. The minimum Gasteiger partial charge on any atom is -0.497 e. The van der Waals surface area contributed by atoms with Crippen LogP contribution in [0.1, 0.15) is 17.2 Å². The Bertz CT molecular complexity index is 709. The molecule has 0 bridgehead atoms. The first kappa shape index (κ1) is 15.5. The molecule has 0 aromatic heterocycles. The monoisotopic (exact) mass is 305 g/mol. The zero-order chi connectivity index (χ0) is 15.5. The highest BCUT2D eigenvalue weighted by atomic mass is 32.2. The molecule has 0 amide bonds. The van der Waals surface area contributed by atoms with E-state index in [1.165, 1.54) is 6.26 Å². The Morgan fingerprint density at radius 3 is 2.24 bits per heavy atom. The number of sulfone groups is 1. The third-order valence-corrected chi connectivity index (χ3v) is 4.47. The van der Waals surface area contributed by atoms with Gasteiger partial charge in [0.15, 0.2) is 9.84 Å². The molecule has 1 atom stereocenters. The van der Waals surface area contributed by atoms with Crippen molar-refractivity contribution in [1.29, 1.82) is 0 Å². The lowest BCUT2D eigenvalue weighted by atomic mass is 9.99. The Morgan fingerprint density at radius 2 is 1.71 bits per heavy atom. The first-order valence-corrected chi connectivity index (χ1v) is 8.46. The molecule has 0 saturated heterocycles. The molecule has 0 saturated carbocycles. The third-order valence-electron chi connectivity index (χ3n) is 3.36. The number of ether oxygens (including phenoxy) is 1. The van der Waals surface area contributed by atoms with Gasteiger partial charge in [0.1, 0.15) is 5.75 Å². The number of rotatable bonds is 5. The molecule has 0 aliphatic heterocycles. The average molecular weight is 305 g/mol. The molecule has 21 heavy (non-hydrogen) atoms. The van der Waals surface area contributed by atoms with Crippen molar-refractivity contribution in [3.05, 3.63) is 59.7 Å². The molecule has 0 spiro atoms. The van der Waals surface area contributed by atoms with Crippen LogP contribution in [0.5, 0.6) is 5.75 Å². The van der Waals surface area contributed by atoms with Gasteiger partial charge < -0.3 is 10.1 Å². The van der Waals surface area contributed by atoms with Crippen LogP contribution in [-0.4, -0.2) is 28.8 Å². The SMILES string of the molecule is CNC(c1ccc(OC)cc1)c1cccc(S(C)(=O)=O)c1. The zero-order valence-corrected chi connectivity index (χ0v) is 13.1. The van der Waals surface area contributed by atoms with E-state index in [0.29, 0.717) is 4.90 Å². The van der Waals surface area contributed by atoms with Gasteiger partial charge in [-0.2, -0.15) is 0 Å².